The fourth-order valence-corrected chi connectivity index (χ4v) is 3.51. The predicted octanol–water partition coefficient (Wildman–Crippen LogP) is 3.94. The van der Waals surface area contributed by atoms with Gasteiger partial charge >= 0.3 is 0 Å². The molecule has 8 nitrogen and oxygen atoms in total. The highest BCUT2D eigenvalue weighted by molar-refractivity contribution is 7.85. The van der Waals surface area contributed by atoms with Crippen molar-refractivity contribution < 1.29 is 26.5 Å². The van der Waals surface area contributed by atoms with Crippen molar-refractivity contribution in [2.45, 2.75) is 6.10 Å². The maximum atomic E-state index is 14.4. The topological polar surface area (TPSA) is 99.6 Å². The van der Waals surface area contributed by atoms with Crippen molar-refractivity contribution in [3.8, 4) is 11.5 Å². The average molecular weight is 474 g/mol. The standard InChI is InChI=1S/C18H14Cl2FN3O5S/c1-30(25,26)28-7-9-6-27-14-5-13-10(4-15(14)29-9)18(23-8-22-13)24-12-3-2-11(19)16(20)17(12)21/h2-5,8-9H,6-7H2,1H3,(H,22,23,24). The smallest absolute Gasteiger partial charge is 0.264 e. The zero-order valence-electron chi connectivity index (χ0n) is 15.4. The Labute approximate surface area is 181 Å². The van der Waals surface area contributed by atoms with Gasteiger partial charge in [-0.3, -0.25) is 4.18 Å². The number of halogens is 3. The normalized spacial score (nSPS) is 15.9. The number of nitrogens with zero attached hydrogens (tertiary/aromatic N) is 2. The molecule has 4 rings (SSSR count). The van der Waals surface area contributed by atoms with E-state index in [2.05, 4.69) is 15.3 Å². The van der Waals surface area contributed by atoms with E-state index in [1.165, 1.54) is 18.5 Å². The number of fused-ring (bicyclic) bond motifs is 2. The lowest BCUT2D eigenvalue weighted by atomic mass is 10.2. The molecule has 0 fully saturated rings. The molecule has 0 aliphatic carbocycles. The molecule has 1 aromatic heterocycles. The zero-order valence-corrected chi connectivity index (χ0v) is 17.7. The minimum atomic E-state index is -3.61. The Morgan fingerprint density at radius 3 is 2.83 bits per heavy atom. The third kappa shape index (κ3) is 4.36. The van der Waals surface area contributed by atoms with Crippen molar-refractivity contribution in [3.05, 3.63) is 46.5 Å². The van der Waals surface area contributed by atoms with Crippen LogP contribution in [0.5, 0.6) is 11.5 Å². The summed E-state index contributed by atoms with van der Waals surface area (Å²) in [7, 11) is -3.61. The molecule has 2 heterocycles. The summed E-state index contributed by atoms with van der Waals surface area (Å²) in [4.78, 5) is 8.37. The molecule has 0 saturated carbocycles. The molecule has 0 spiro atoms. The summed E-state index contributed by atoms with van der Waals surface area (Å²) >= 11 is 11.7. The highest BCUT2D eigenvalue weighted by Crippen LogP contribution is 2.38. The van der Waals surface area contributed by atoms with Gasteiger partial charge in [0.15, 0.2) is 23.4 Å². The van der Waals surface area contributed by atoms with Crippen LogP contribution in [-0.4, -0.2) is 44.0 Å². The highest BCUT2D eigenvalue weighted by Gasteiger charge is 2.24. The van der Waals surface area contributed by atoms with Crippen molar-refractivity contribution >= 4 is 55.7 Å². The van der Waals surface area contributed by atoms with Gasteiger partial charge in [0.2, 0.25) is 0 Å². The van der Waals surface area contributed by atoms with Gasteiger partial charge in [-0.2, -0.15) is 8.42 Å². The number of anilines is 2. The Hall–Kier alpha value is -2.40. The first-order chi connectivity index (χ1) is 14.2. The molecular formula is C18H14Cl2FN3O5S. The van der Waals surface area contributed by atoms with E-state index < -0.39 is 22.0 Å². The van der Waals surface area contributed by atoms with Gasteiger partial charge in [-0.25, -0.2) is 14.4 Å². The second kappa shape index (κ2) is 8.03. The summed E-state index contributed by atoms with van der Waals surface area (Å²) in [6.07, 6.45) is 1.65. The van der Waals surface area contributed by atoms with E-state index in [4.69, 9.17) is 36.9 Å². The van der Waals surface area contributed by atoms with Crippen LogP contribution in [0.1, 0.15) is 0 Å². The lowest BCUT2D eigenvalue weighted by Gasteiger charge is -2.26. The van der Waals surface area contributed by atoms with E-state index in [1.807, 2.05) is 0 Å². The largest absolute Gasteiger partial charge is 0.486 e. The number of rotatable bonds is 5. The van der Waals surface area contributed by atoms with Gasteiger partial charge in [0.25, 0.3) is 10.1 Å². The summed E-state index contributed by atoms with van der Waals surface area (Å²) in [6, 6.07) is 6.17. The number of benzene rings is 2. The SMILES string of the molecule is CS(=O)(=O)OCC1COc2cc3ncnc(Nc4ccc(Cl)c(Cl)c4F)c3cc2O1. The summed E-state index contributed by atoms with van der Waals surface area (Å²) in [5, 5.41) is 3.29. The van der Waals surface area contributed by atoms with Crippen LogP contribution in [-0.2, 0) is 14.3 Å². The fourth-order valence-electron chi connectivity index (χ4n) is 2.80. The van der Waals surface area contributed by atoms with E-state index >= 15 is 0 Å². The monoisotopic (exact) mass is 473 g/mol. The Morgan fingerprint density at radius 1 is 1.27 bits per heavy atom. The zero-order chi connectivity index (χ0) is 21.5. The molecule has 1 aliphatic rings. The lowest BCUT2D eigenvalue weighted by molar-refractivity contribution is 0.0560. The quantitative estimate of drug-likeness (QED) is 0.439. The van der Waals surface area contributed by atoms with Gasteiger partial charge in [0.05, 0.1) is 27.5 Å². The van der Waals surface area contributed by atoms with Gasteiger partial charge in [0, 0.05) is 11.5 Å². The van der Waals surface area contributed by atoms with E-state index in [9.17, 15) is 12.8 Å². The second-order valence-corrected chi connectivity index (χ2v) is 8.85. The molecule has 158 valence electrons. The predicted molar refractivity (Wildman–Crippen MR) is 110 cm³/mol. The number of ether oxygens (including phenoxy) is 2. The summed E-state index contributed by atoms with van der Waals surface area (Å²) in [6.45, 7) is -0.0834. The first-order valence-electron chi connectivity index (χ1n) is 8.54. The summed E-state index contributed by atoms with van der Waals surface area (Å²) in [5.41, 5.74) is 0.611. The number of hydrogen-bond acceptors (Lipinski definition) is 8. The molecular weight excluding hydrogens is 460 g/mol. The number of aromatic nitrogens is 2. The van der Waals surface area contributed by atoms with E-state index in [-0.39, 0.29) is 28.9 Å². The highest BCUT2D eigenvalue weighted by atomic mass is 35.5. The second-order valence-electron chi connectivity index (χ2n) is 6.43. The van der Waals surface area contributed by atoms with Crippen LogP contribution in [0, 0.1) is 5.82 Å². The maximum Gasteiger partial charge on any atom is 0.264 e. The van der Waals surface area contributed by atoms with Crippen molar-refractivity contribution in [2.24, 2.45) is 0 Å². The molecule has 1 unspecified atom stereocenters. The fraction of sp³-hybridized carbons (Fsp3) is 0.222. The van der Waals surface area contributed by atoms with E-state index in [1.54, 1.807) is 12.1 Å². The van der Waals surface area contributed by atoms with Crippen molar-refractivity contribution in [1.82, 2.24) is 9.97 Å². The molecule has 12 heteroatoms. The third-order valence-corrected chi connectivity index (χ3v) is 5.52. The molecule has 0 bridgehead atoms. The van der Waals surface area contributed by atoms with Crippen LogP contribution < -0.4 is 14.8 Å². The van der Waals surface area contributed by atoms with Gasteiger partial charge in [-0.15, -0.1) is 0 Å². The minimum Gasteiger partial charge on any atom is -0.486 e. The molecule has 1 aliphatic heterocycles. The summed E-state index contributed by atoms with van der Waals surface area (Å²) in [5.74, 6) is 0.372. The molecule has 0 saturated heterocycles. The molecule has 0 amide bonds. The van der Waals surface area contributed by atoms with Crippen LogP contribution in [0.15, 0.2) is 30.6 Å². The molecule has 0 radical (unpaired) electrons. The van der Waals surface area contributed by atoms with Crippen molar-refractivity contribution in [1.29, 1.82) is 0 Å². The Morgan fingerprint density at radius 2 is 2.07 bits per heavy atom. The van der Waals surface area contributed by atoms with Crippen molar-refractivity contribution in [2.75, 3.05) is 24.8 Å². The van der Waals surface area contributed by atoms with Gasteiger partial charge in [-0.1, -0.05) is 23.2 Å². The van der Waals surface area contributed by atoms with Crippen LogP contribution in [0.4, 0.5) is 15.9 Å². The first kappa shape index (κ1) is 20.9. The summed E-state index contributed by atoms with van der Waals surface area (Å²) < 4.78 is 53.0. The Bertz CT molecular complexity index is 1240. The van der Waals surface area contributed by atoms with Gasteiger partial charge in [0.1, 0.15) is 25.4 Å². The van der Waals surface area contributed by atoms with Crippen LogP contribution in [0.2, 0.25) is 10.0 Å². The molecule has 2 aromatic carbocycles. The average Bonchev–Trinajstić information content (AvgIpc) is 2.71. The van der Waals surface area contributed by atoms with Crippen LogP contribution >= 0.6 is 23.2 Å². The van der Waals surface area contributed by atoms with Gasteiger partial charge in [-0.05, 0) is 18.2 Å². The minimum absolute atomic E-state index is 0.0821. The van der Waals surface area contributed by atoms with Gasteiger partial charge < -0.3 is 14.8 Å². The number of nitrogens with one attached hydrogen (secondary N) is 1. The van der Waals surface area contributed by atoms with E-state index in [0.29, 0.717) is 28.2 Å². The molecule has 1 N–H and O–H groups in total. The first-order valence-corrected chi connectivity index (χ1v) is 11.1. The Balaban J connectivity index is 1.66. The van der Waals surface area contributed by atoms with Crippen LogP contribution in [0.25, 0.3) is 10.9 Å². The van der Waals surface area contributed by atoms with Crippen LogP contribution in [0.3, 0.4) is 0 Å². The molecule has 3 aromatic rings. The van der Waals surface area contributed by atoms with Crippen molar-refractivity contribution in [3.63, 3.8) is 0 Å². The van der Waals surface area contributed by atoms with E-state index in [0.717, 1.165) is 6.26 Å². The Kier molecular flexibility index (Phi) is 5.58. The maximum absolute atomic E-state index is 14.4. The number of hydrogen-bond donors (Lipinski definition) is 1. The lowest BCUT2D eigenvalue weighted by Crippen LogP contribution is -2.34. The third-order valence-electron chi connectivity index (χ3n) is 4.18. The molecule has 1 atom stereocenters. The molecule has 30 heavy (non-hydrogen) atoms.